The lowest BCUT2D eigenvalue weighted by Crippen LogP contribution is -2.14. The van der Waals surface area contributed by atoms with E-state index in [-0.39, 0.29) is 16.3 Å². The van der Waals surface area contributed by atoms with Crippen molar-refractivity contribution in [1.82, 2.24) is 0 Å². The van der Waals surface area contributed by atoms with Gasteiger partial charge in [-0.3, -0.25) is 4.72 Å². The molecular formula is C13H12BrFN2O2S. The van der Waals surface area contributed by atoms with Crippen LogP contribution in [0.15, 0.2) is 45.8 Å². The first-order chi connectivity index (χ1) is 9.29. The second-order valence-electron chi connectivity index (χ2n) is 4.25. The molecule has 2 aromatic rings. The lowest BCUT2D eigenvalue weighted by atomic mass is 10.2. The fraction of sp³-hybridized carbons (Fsp3) is 0.0769. The fourth-order valence-electron chi connectivity index (χ4n) is 1.68. The van der Waals surface area contributed by atoms with Crippen LogP contribution in [0.1, 0.15) is 5.56 Å². The zero-order chi connectivity index (χ0) is 14.9. The van der Waals surface area contributed by atoms with Gasteiger partial charge in [-0.05, 0) is 42.8 Å². The maximum absolute atomic E-state index is 13.1. The molecule has 0 aliphatic rings. The van der Waals surface area contributed by atoms with Gasteiger partial charge < -0.3 is 5.73 Å². The van der Waals surface area contributed by atoms with Crippen LogP contribution in [0.2, 0.25) is 0 Å². The van der Waals surface area contributed by atoms with Crippen LogP contribution in [0.3, 0.4) is 0 Å². The maximum atomic E-state index is 13.1. The number of hydrogen-bond acceptors (Lipinski definition) is 3. The molecule has 2 aromatic carbocycles. The number of aryl methyl sites for hydroxylation is 1. The van der Waals surface area contributed by atoms with Crippen molar-refractivity contribution in [1.29, 1.82) is 0 Å². The van der Waals surface area contributed by atoms with E-state index in [1.165, 1.54) is 18.2 Å². The monoisotopic (exact) mass is 358 g/mol. The first-order valence-electron chi connectivity index (χ1n) is 5.63. The van der Waals surface area contributed by atoms with E-state index in [0.717, 1.165) is 6.07 Å². The Labute approximate surface area is 125 Å². The molecule has 0 fully saturated rings. The van der Waals surface area contributed by atoms with Crippen LogP contribution < -0.4 is 10.5 Å². The highest BCUT2D eigenvalue weighted by Crippen LogP contribution is 2.24. The molecule has 0 spiro atoms. The van der Waals surface area contributed by atoms with Crippen LogP contribution in [0, 0.1) is 12.7 Å². The molecule has 0 aromatic heterocycles. The van der Waals surface area contributed by atoms with E-state index in [1.54, 1.807) is 19.1 Å². The molecule has 7 heteroatoms. The molecule has 2 rings (SSSR count). The van der Waals surface area contributed by atoms with Gasteiger partial charge in [-0.2, -0.15) is 0 Å². The molecule has 0 heterocycles. The van der Waals surface area contributed by atoms with Gasteiger partial charge in [0.05, 0.1) is 16.3 Å². The summed E-state index contributed by atoms with van der Waals surface area (Å²) in [6.07, 6.45) is 0. The Balaban J connectivity index is 2.40. The van der Waals surface area contributed by atoms with E-state index in [1.807, 2.05) is 0 Å². The number of benzene rings is 2. The summed E-state index contributed by atoms with van der Waals surface area (Å²) < 4.78 is 40.7. The number of halogens is 2. The highest BCUT2D eigenvalue weighted by atomic mass is 79.9. The summed E-state index contributed by atoms with van der Waals surface area (Å²) in [6.45, 7) is 1.69. The minimum absolute atomic E-state index is 0.115. The zero-order valence-corrected chi connectivity index (χ0v) is 12.9. The van der Waals surface area contributed by atoms with E-state index in [2.05, 4.69) is 20.7 Å². The summed E-state index contributed by atoms with van der Waals surface area (Å²) in [5, 5.41) is 0. The van der Waals surface area contributed by atoms with Crippen molar-refractivity contribution in [3.05, 3.63) is 52.3 Å². The van der Waals surface area contributed by atoms with Crippen molar-refractivity contribution in [2.75, 3.05) is 10.5 Å². The molecule has 106 valence electrons. The minimum Gasteiger partial charge on any atom is -0.396 e. The molecule has 0 unspecified atom stereocenters. The van der Waals surface area contributed by atoms with Crippen LogP contribution in [-0.2, 0) is 10.0 Å². The standard InChI is InChI=1S/C13H12BrFN2O2S/c1-8-2-3-9(14)6-13(8)20(18,19)17-10-4-5-11(15)12(16)7-10/h2-7,17H,16H2,1H3. The van der Waals surface area contributed by atoms with Crippen LogP contribution in [-0.4, -0.2) is 8.42 Å². The Morgan fingerprint density at radius 2 is 1.90 bits per heavy atom. The molecule has 0 aliphatic carbocycles. The molecule has 0 aliphatic heterocycles. The Bertz CT molecular complexity index is 763. The van der Waals surface area contributed by atoms with E-state index in [0.29, 0.717) is 10.0 Å². The molecule has 0 radical (unpaired) electrons. The lowest BCUT2D eigenvalue weighted by Gasteiger charge is -2.11. The third-order valence-corrected chi connectivity index (χ3v) is 4.70. The van der Waals surface area contributed by atoms with Crippen LogP contribution in [0.5, 0.6) is 0 Å². The number of rotatable bonds is 3. The Morgan fingerprint density at radius 1 is 1.20 bits per heavy atom. The fourth-order valence-corrected chi connectivity index (χ4v) is 3.51. The Kier molecular flexibility index (Phi) is 4.01. The van der Waals surface area contributed by atoms with Gasteiger partial charge in [-0.25, -0.2) is 12.8 Å². The van der Waals surface area contributed by atoms with Crippen molar-refractivity contribution in [2.24, 2.45) is 0 Å². The number of sulfonamides is 1. The number of nitrogens with one attached hydrogen (secondary N) is 1. The second kappa shape index (κ2) is 5.41. The molecule has 0 saturated heterocycles. The van der Waals surface area contributed by atoms with Gasteiger partial charge in [-0.1, -0.05) is 22.0 Å². The molecule has 0 atom stereocenters. The summed E-state index contributed by atoms with van der Waals surface area (Å²) in [7, 11) is -3.75. The largest absolute Gasteiger partial charge is 0.396 e. The predicted molar refractivity (Wildman–Crippen MR) is 80.5 cm³/mol. The summed E-state index contributed by atoms with van der Waals surface area (Å²) in [5.41, 5.74) is 6.12. The topological polar surface area (TPSA) is 72.2 Å². The average Bonchev–Trinajstić information content (AvgIpc) is 2.36. The summed E-state index contributed by atoms with van der Waals surface area (Å²) in [4.78, 5) is 0.148. The maximum Gasteiger partial charge on any atom is 0.262 e. The first kappa shape index (κ1) is 14.8. The quantitative estimate of drug-likeness (QED) is 0.827. The third-order valence-electron chi connectivity index (χ3n) is 2.69. The van der Waals surface area contributed by atoms with Gasteiger partial charge in [-0.15, -0.1) is 0 Å². The molecule has 0 amide bonds. The van der Waals surface area contributed by atoms with Crippen molar-refractivity contribution >= 4 is 37.3 Å². The van der Waals surface area contributed by atoms with Gasteiger partial charge in [0.25, 0.3) is 10.0 Å². The number of anilines is 2. The van der Waals surface area contributed by atoms with Gasteiger partial charge in [0.15, 0.2) is 0 Å². The van der Waals surface area contributed by atoms with Crippen molar-refractivity contribution in [3.63, 3.8) is 0 Å². The van der Waals surface area contributed by atoms with Gasteiger partial charge >= 0.3 is 0 Å². The van der Waals surface area contributed by atoms with Crippen LogP contribution in [0.4, 0.5) is 15.8 Å². The van der Waals surface area contributed by atoms with Crippen molar-refractivity contribution < 1.29 is 12.8 Å². The zero-order valence-electron chi connectivity index (χ0n) is 10.5. The summed E-state index contributed by atoms with van der Waals surface area (Å²) in [6, 6.07) is 8.62. The average molecular weight is 359 g/mol. The molecular weight excluding hydrogens is 347 g/mol. The van der Waals surface area contributed by atoms with E-state index >= 15 is 0 Å². The SMILES string of the molecule is Cc1ccc(Br)cc1S(=O)(=O)Nc1ccc(F)c(N)c1. The number of nitrogens with two attached hydrogens (primary N) is 1. The Hall–Kier alpha value is -1.60. The summed E-state index contributed by atoms with van der Waals surface area (Å²) in [5.74, 6) is -0.591. The van der Waals surface area contributed by atoms with Crippen LogP contribution >= 0.6 is 15.9 Å². The van der Waals surface area contributed by atoms with Crippen molar-refractivity contribution in [3.8, 4) is 0 Å². The lowest BCUT2D eigenvalue weighted by molar-refractivity contribution is 0.600. The predicted octanol–water partition coefficient (Wildman–Crippen LogP) is 3.28. The first-order valence-corrected chi connectivity index (χ1v) is 7.91. The van der Waals surface area contributed by atoms with E-state index in [4.69, 9.17) is 5.73 Å². The number of nitrogen functional groups attached to an aromatic ring is 1. The van der Waals surface area contributed by atoms with E-state index in [9.17, 15) is 12.8 Å². The van der Waals surface area contributed by atoms with E-state index < -0.39 is 15.8 Å². The summed E-state index contributed by atoms with van der Waals surface area (Å²) >= 11 is 3.23. The second-order valence-corrected chi connectivity index (χ2v) is 6.82. The molecule has 20 heavy (non-hydrogen) atoms. The molecule has 0 bridgehead atoms. The Morgan fingerprint density at radius 3 is 2.55 bits per heavy atom. The normalized spacial score (nSPS) is 11.3. The third kappa shape index (κ3) is 3.10. The highest BCUT2D eigenvalue weighted by Gasteiger charge is 2.17. The van der Waals surface area contributed by atoms with Crippen LogP contribution in [0.25, 0.3) is 0 Å². The molecule has 4 nitrogen and oxygen atoms in total. The molecule has 3 N–H and O–H groups in total. The number of hydrogen-bond donors (Lipinski definition) is 2. The highest BCUT2D eigenvalue weighted by molar-refractivity contribution is 9.10. The van der Waals surface area contributed by atoms with Gasteiger partial charge in [0.1, 0.15) is 5.82 Å². The molecule has 0 saturated carbocycles. The van der Waals surface area contributed by atoms with Gasteiger partial charge in [0, 0.05) is 4.47 Å². The van der Waals surface area contributed by atoms with Crippen molar-refractivity contribution in [2.45, 2.75) is 11.8 Å². The van der Waals surface area contributed by atoms with Gasteiger partial charge in [0.2, 0.25) is 0 Å². The minimum atomic E-state index is -3.75. The smallest absolute Gasteiger partial charge is 0.262 e.